The first-order valence-corrected chi connectivity index (χ1v) is 6.60. The van der Waals surface area contributed by atoms with Crippen LogP contribution in [0.4, 0.5) is 0 Å². The molecule has 4 aliphatic rings. The summed E-state index contributed by atoms with van der Waals surface area (Å²) in [5, 5.41) is 0. The predicted octanol–water partition coefficient (Wildman–Crippen LogP) is 1.82. The minimum atomic E-state index is 0.491. The van der Waals surface area contributed by atoms with Crippen LogP contribution in [0.15, 0.2) is 24.3 Å². The van der Waals surface area contributed by atoms with Crippen molar-refractivity contribution in [2.24, 2.45) is 35.1 Å². The summed E-state index contributed by atoms with van der Waals surface area (Å²) in [5.74, 6) is 3.16. The van der Waals surface area contributed by atoms with Gasteiger partial charge in [-0.2, -0.15) is 0 Å². The van der Waals surface area contributed by atoms with Crippen LogP contribution < -0.4 is 11.5 Å². The lowest BCUT2D eigenvalue weighted by atomic mass is 10.0. The summed E-state index contributed by atoms with van der Waals surface area (Å²) in [6, 6.07) is 0.981. The largest absolute Gasteiger partial charge is 0.327 e. The second kappa shape index (κ2) is 4.01. The molecule has 0 aromatic rings. The van der Waals surface area contributed by atoms with Crippen molar-refractivity contribution in [2.45, 2.75) is 37.8 Å². The second-order valence-electron chi connectivity index (χ2n) is 5.89. The predicted molar refractivity (Wildman–Crippen MR) is 66.7 cm³/mol. The number of allylic oxidation sites excluding steroid dienone is 2. The van der Waals surface area contributed by atoms with E-state index in [9.17, 15) is 0 Å². The maximum absolute atomic E-state index is 5.77. The van der Waals surface area contributed by atoms with Crippen molar-refractivity contribution in [3.05, 3.63) is 24.3 Å². The van der Waals surface area contributed by atoms with Gasteiger partial charge in [0.1, 0.15) is 0 Å². The minimum Gasteiger partial charge on any atom is -0.327 e. The topological polar surface area (TPSA) is 52.0 Å². The van der Waals surface area contributed by atoms with E-state index in [1.165, 1.54) is 25.7 Å². The standard InChI is InChI=1S/2C7H11N/c2*8-7-4-5-1-2-6(7)3-5/h2*1-2,5-7H,3-4,8H2/t2*5-,6+,7+/m11/s1. The minimum absolute atomic E-state index is 0.491. The number of fused-ring (bicyclic) bond motifs is 4. The van der Waals surface area contributed by atoms with Gasteiger partial charge in [-0.25, -0.2) is 0 Å². The fourth-order valence-electron chi connectivity index (χ4n) is 3.65. The van der Waals surface area contributed by atoms with Crippen LogP contribution in [-0.4, -0.2) is 12.1 Å². The van der Waals surface area contributed by atoms with Crippen molar-refractivity contribution in [1.82, 2.24) is 0 Å². The fraction of sp³-hybridized carbons (Fsp3) is 0.714. The van der Waals surface area contributed by atoms with Crippen LogP contribution in [0.5, 0.6) is 0 Å². The molecule has 2 fully saturated rings. The second-order valence-corrected chi connectivity index (χ2v) is 5.89. The van der Waals surface area contributed by atoms with E-state index in [2.05, 4.69) is 24.3 Å². The van der Waals surface area contributed by atoms with E-state index in [0.29, 0.717) is 12.1 Å². The van der Waals surface area contributed by atoms with E-state index in [1.54, 1.807) is 0 Å². The van der Waals surface area contributed by atoms with Crippen LogP contribution in [0.25, 0.3) is 0 Å². The van der Waals surface area contributed by atoms with E-state index in [1.807, 2.05) is 0 Å². The van der Waals surface area contributed by atoms with Gasteiger partial charge in [0.15, 0.2) is 0 Å². The smallest absolute Gasteiger partial charge is 0.0108 e. The molecule has 4 N–H and O–H groups in total. The first-order chi connectivity index (χ1) is 7.72. The molecule has 0 saturated heterocycles. The van der Waals surface area contributed by atoms with Gasteiger partial charge in [-0.15, -0.1) is 0 Å². The summed E-state index contributed by atoms with van der Waals surface area (Å²) in [7, 11) is 0. The molecule has 0 spiro atoms. The van der Waals surface area contributed by atoms with E-state index in [-0.39, 0.29) is 0 Å². The third-order valence-corrected chi connectivity index (χ3v) is 4.66. The van der Waals surface area contributed by atoms with Crippen molar-refractivity contribution in [3.8, 4) is 0 Å². The summed E-state index contributed by atoms with van der Waals surface area (Å²) in [6.45, 7) is 0. The van der Waals surface area contributed by atoms with E-state index in [4.69, 9.17) is 11.5 Å². The highest BCUT2D eigenvalue weighted by Crippen LogP contribution is 2.38. The van der Waals surface area contributed by atoms with Crippen molar-refractivity contribution < 1.29 is 0 Å². The molecule has 16 heavy (non-hydrogen) atoms. The van der Waals surface area contributed by atoms with Crippen molar-refractivity contribution in [1.29, 1.82) is 0 Å². The lowest BCUT2D eigenvalue weighted by Crippen LogP contribution is -2.23. The van der Waals surface area contributed by atoms with Crippen molar-refractivity contribution in [2.75, 3.05) is 0 Å². The Morgan fingerprint density at radius 1 is 0.625 bits per heavy atom. The molecular weight excluding hydrogens is 196 g/mol. The van der Waals surface area contributed by atoms with E-state index in [0.717, 1.165) is 23.7 Å². The number of nitrogens with two attached hydrogens (primary N) is 2. The van der Waals surface area contributed by atoms with Gasteiger partial charge < -0.3 is 11.5 Å². The molecular formula is C14H22N2. The Hall–Kier alpha value is -0.600. The third-order valence-electron chi connectivity index (χ3n) is 4.66. The molecule has 0 radical (unpaired) electrons. The molecule has 2 saturated carbocycles. The number of rotatable bonds is 0. The Morgan fingerprint density at radius 2 is 1.06 bits per heavy atom. The summed E-state index contributed by atoms with van der Waals surface area (Å²) in [6.07, 6.45) is 14.3. The van der Waals surface area contributed by atoms with Crippen LogP contribution in [0, 0.1) is 23.7 Å². The Balaban J connectivity index is 0.000000101. The first kappa shape index (κ1) is 10.5. The van der Waals surface area contributed by atoms with Crippen molar-refractivity contribution >= 4 is 0 Å². The van der Waals surface area contributed by atoms with Crippen LogP contribution in [0.1, 0.15) is 25.7 Å². The van der Waals surface area contributed by atoms with Crippen LogP contribution in [0.2, 0.25) is 0 Å². The van der Waals surface area contributed by atoms with Gasteiger partial charge in [-0.3, -0.25) is 0 Å². The molecule has 88 valence electrons. The van der Waals surface area contributed by atoms with Gasteiger partial charge in [0, 0.05) is 12.1 Å². The van der Waals surface area contributed by atoms with Crippen LogP contribution >= 0.6 is 0 Å². The molecule has 0 amide bonds. The molecule has 0 aliphatic heterocycles. The molecule has 0 aromatic heterocycles. The lowest BCUT2D eigenvalue weighted by molar-refractivity contribution is 0.576. The molecule has 0 aromatic carbocycles. The molecule has 4 rings (SSSR count). The Labute approximate surface area is 97.8 Å². The molecule has 6 atom stereocenters. The molecule has 4 aliphatic carbocycles. The summed E-state index contributed by atoms with van der Waals surface area (Å²) >= 11 is 0. The highest BCUT2D eigenvalue weighted by molar-refractivity contribution is 5.12. The summed E-state index contributed by atoms with van der Waals surface area (Å²) in [4.78, 5) is 0. The number of hydrogen-bond donors (Lipinski definition) is 2. The Bertz CT molecular complexity index is 289. The normalized spacial score (nSPS) is 50.9. The zero-order valence-electron chi connectivity index (χ0n) is 9.76. The SMILES string of the molecule is N[C@H]1C[C@@H]2C=C[C@H]1C2.N[C@H]1C[C@@H]2C=C[C@H]1C2. The quantitative estimate of drug-likeness (QED) is 0.609. The summed E-state index contributed by atoms with van der Waals surface area (Å²) in [5.41, 5.74) is 11.5. The van der Waals surface area contributed by atoms with E-state index >= 15 is 0 Å². The maximum Gasteiger partial charge on any atom is 0.0108 e. The van der Waals surface area contributed by atoms with Crippen LogP contribution in [0.3, 0.4) is 0 Å². The van der Waals surface area contributed by atoms with Gasteiger partial charge in [0.25, 0.3) is 0 Å². The lowest BCUT2D eigenvalue weighted by Gasteiger charge is -2.10. The fourth-order valence-corrected chi connectivity index (χ4v) is 3.65. The zero-order valence-corrected chi connectivity index (χ0v) is 9.76. The molecule has 0 heterocycles. The third kappa shape index (κ3) is 1.85. The molecule has 2 nitrogen and oxygen atoms in total. The molecule has 4 bridgehead atoms. The summed E-state index contributed by atoms with van der Waals surface area (Å²) < 4.78 is 0. The van der Waals surface area contributed by atoms with E-state index < -0.39 is 0 Å². The average molecular weight is 218 g/mol. The van der Waals surface area contributed by atoms with Crippen molar-refractivity contribution in [3.63, 3.8) is 0 Å². The van der Waals surface area contributed by atoms with Gasteiger partial charge in [-0.05, 0) is 49.4 Å². The Morgan fingerprint density at radius 3 is 1.19 bits per heavy atom. The van der Waals surface area contributed by atoms with Gasteiger partial charge >= 0.3 is 0 Å². The zero-order chi connectivity index (χ0) is 11.1. The first-order valence-electron chi connectivity index (χ1n) is 6.60. The highest BCUT2D eigenvalue weighted by Gasteiger charge is 2.33. The van der Waals surface area contributed by atoms with Crippen LogP contribution in [-0.2, 0) is 0 Å². The van der Waals surface area contributed by atoms with Gasteiger partial charge in [0.05, 0.1) is 0 Å². The maximum atomic E-state index is 5.77. The highest BCUT2D eigenvalue weighted by atomic mass is 14.7. The Kier molecular flexibility index (Phi) is 2.64. The molecule has 2 heteroatoms. The monoisotopic (exact) mass is 218 g/mol. The molecule has 0 unspecified atom stereocenters. The number of hydrogen-bond acceptors (Lipinski definition) is 2. The van der Waals surface area contributed by atoms with Gasteiger partial charge in [-0.1, -0.05) is 24.3 Å². The van der Waals surface area contributed by atoms with Gasteiger partial charge in [0.2, 0.25) is 0 Å². The average Bonchev–Trinajstić information content (AvgIpc) is 2.94.